The van der Waals surface area contributed by atoms with Crippen LogP contribution in [0.2, 0.25) is 0 Å². The minimum absolute atomic E-state index is 0.145. The minimum atomic E-state index is -0.145. The normalized spacial score (nSPS) is 20.7. The lowest BCUT2D eigenvalue weighted by Gasteiger charge is -2.27. The standard InChI is InChI=1S/C19H22N4O2/c1-13-8-9-23-12-21-17(18(23)22-13)19(24)20-11-14-4-6-15(7-5-14)16-3-2-10-25-16/h2-3,8-10,12,14-15H,4-7,11H2,1H3,(H,20,24). The first-order valence-electron chi connectivity index (χ1n) is 8.82. The third kappa shape index (κ3) is 3.29. The second-order valence-electron chi connectivity index (χ2n) is 6.84. The third-order valence-corrected chi connectivity index (χ3v) is 5.08. The Morgan fingerprint density at radius 1 is 1.32 bits per heavy atom. The van der Waals surface area contributed by atoms with E-state index in [-0.39, 0.29) is 5.91 Å². The molecule has 4 rings (SSSR count). The topological polar surface area (TPSA) is 72.4 Å². The zero-order chi connectivity index (χ0) is 17.2. The Morgan fingerprint density at radius 2 is 2.16 bits per heavy atom. The zero-order valence-corrected chi connectivity index (χ0v) is 14.3. The number of carbonyl (C=O) groups excluding carboxylic acids is 1. The molecule has 0 atom stereocenters. The molecule has 6 nitrogen and oxygen atoms in total. The van der Waals surface area contributed by atoms with Gasteiger partial charge in [-0.2, -0.15) is 0 Å². The summed E-state index contributed by atoms with van der Waals surface area (Å²) in [4.78, 5) is 21.1. The number of rotatable bonds is 4. The molecule has 0 aliphatic heterocycles. The second kappa shape index (κ2) is 6.70. The summed E-state index contributed by atoms with van der Waals surface area (Å²) in [5.74, 6) is 1.98. The number of nitrogens with zero attached hydrogens (tertiary/aromatic N) is 3. The number of carbonyl (C=O) groups is 1. The Labute approximate surface area is 146 Å². The van der Waals surface area contributed by atoms with Crippen molar-refractivity contribution in [2.24, 2.45) is 5.92 Å². The molecule has 1 amide bonds. The van der Waals surface area contributed by atoms with Gasteiger partial charge in [0, 0.05) is 24.4 Å². The van der Waals surface area contributed by atoms with Crippen LogP contribution in [0.4, 0.5) is 0 Å². The van der Waals surface area contributed by atoms with Crippen LogP contribution in [-0.4, -0.2) is 26.8 Å². The maximum Gasteiger partial charge on any atom is 0.273 e. The van der Waals surface area contributed by atoms with Crippen LogP contribution in [0.15, 0.2) is 41.4 Å². The molecule has 1 fully saturated rings. The third-order valence-electron chi connectivity index (χ3n) is 5.08. The number of aryl methyl sites for hydroxylation is 1. The Hall–Kier alpha value is -2.63. The van der Waals surface area contributed by atoms with E-state index in [2.05, 4.69) is 21.4 Å². The van der Waals surface area contributed by atoms with E-state index in [1.54, 1.807) is 17.0 Å². The van der Waals surface area contributed by atoms with Gasteiger partial charge in [-0.15, -0.1) is 0 Å². The lowest BCUT2D eigenvalue weighted by Crippen LogP contribution is -2.31. The van der Waals surface area contributed by atoms with E-state index in [0.29, 0.717) is 29.7 Å². The van der Waals surface area contributed by atoms with Crippen molar-refractivity contribution in [2.75, 3.05) is 6.54 Å². The quantitative estimate of drug-likeness (QED) is 0.792. The van der Waals surface area contributed by atoms with Crippen LogP contribution in [0.5, 0.6) is 0 Å². The average molecular weight is 338 g/mol. The van der Waals surface area contributed by atoms with Gasteiger partial charge in [-0.25, -0.2) is 9.97 Å². The highest BCUT2D eigenvalue weighted by Crippen LogP contribution is 2.35. The fraction of sp³-hybridized carbons (Fsp3) is 0.421. The van der Waals surface area contributed by atoms with Crippen LogP contribution in [0.1, 0.15) is 53.5 Å². The summed E-state index contributed by atoms with van der Waals surface area (Å²) in [7, 11) is 0. The number of imidazole rings is 1. The summed E-state index contributed by atoms with van der Waals surface area (Å²) in [6.07, 6.45) is 9.68. The van der Waals surface area contributed by atoms with Crippen molar-refractivity contribution in [1.82, 2.24) is 19.7 Å². The number of fused-ring (bicyclic) bond motifs is 1. The lowest BCUT2D eigenvalue weighted by atomic mass is 9.81. The average Bonchev–Trinajstić information content (AvgIpc) is 3.29. The van der Waals surface area contributed by atoms with Crippen LogP contribution < -0.4 is 5.32 Å². The van der Waals surface area contributed by atoms with Gasteiger partial charge in [0.15, 0.2) is 11.3 Å². The smallest absolute Gasteiger partial charge is 0.273 e. The van der Waals surface area contributed by atoms with Crippen molar-refractivity contribution in [3.63, 3.8) is 0 Å². The van der Waals surface area contributed by atoms with Crippen molar-refractivity contribution >= 4 is 11.6 Å². The minimum Gasteiger partial charge on any atom is -0.469 e. The van der Waals surface area contributed by atoms with Gasteiger partial charge in [-0.1, -0.05) is 0 Å². The van der Waals surface area contributed by atoms with Crippen molar-refractivity contribution in [2.45, 2.75) is 38.5 Å². The van der Waals surface area contributed by atoms with Crippen LogP contribution in [-0.2, 0) is 0 Å². The van der Waals surface area contributed by atoms with E-state index in [4.69, 9.17) is 4.42 Å². The number of amides is 1. The molecule has 1 N–H and O–H groups in total. The number of hydrogen-bond acceptors (Lipinski definition) is 4. The Morgan fingerprint density at radius 3 is 2.92 bits per heavy atom. The number of aromatic nitrogens is 3. The molecule has 6 heteroatoms. The molecule has 1 aliphatic rings. The van der Waals surface area contributed by atoms with E-state index in [1.165, 1.54) is 0 Å². The molecule has 3 aromatic rings. The molecular weight excluding hydrogens is 316 g/mol. The van der Waals surface area contributed by atoms with Crippen LogP contribution >= 0.6 is 0 Å². The predicted octanol–water partition coefficient (Wildman–Crippen LogP) is 3.33. The number of nitrogens with one attached hydrogen (secondary N) is 1. The van der Waals surface area contributed by atoms with E-state index in [1.807, 2.05) is 25.3 Å². The van der Waals surface area contributed by atoms with Crippen molar-refractivity contribution in [1.29, 1.82) is 0 Å². The van der Waals surface area contributed by atoms with E-state index < -0.39 is 0 Å². The Kier molecular flexibility index (Phi) is 4.26. The van der Waals surface area contributed by atoms with Crippen LogP contribution in [0, 0.1) is 12.8 Å². The highest BCUT2D eigenvalue weighted by Gasteiger charge is 2.25. The Bertz CT molecular complexity index is 861. The molecule has 1 saturated carbocycles. The SMILES string of the molecule is Cc1ccn2cnc(C(=O)NCC3CCC(c4ccco4)CC3)c2n1. The molecule has 0 bridgehead atoms. The highest BCUT2D eigenvalue weighted by atomic mass is 16.3. The van der Waals surface area contributed by atoms with Gasteiger partial charge in [-0.3, -0.25) is 9.20 Å². The van der Waals surface area contributed by atoms with Gasteiger partial charge in [0.25, 0.3) is 5.91 Å². The van der Waals surface area contributed by atoms with Crippen LogP contribution in [0.3, 0.4) is 0 Å². The van der Waals surface area contributed by atoms with Gasteiger partial charge < -0.3 is 9.73 Å². The van der Waals surface area contributed by atoms with Crippen molar-refractivity contribution < 1.29 is 9.21 Å². The number of furan rings is 1. The molecule has 3 aromatic heterocycles. The largest absolute Gasteiger partial charge is 0.469 e. The molecule has 0 spiro atoms. The molecule has 0 radical (unpaired) electrons. The molecule has 130 valence electrons. The van der Waals surface area contributed by atoms with Crippen molar-refractivity contribution in [3.8, 4) is 0 Å². The summed E-state index contributed by atoms with van der Waals surface area (Å²) in [6, 6.07) is 5.91. The monoisotopic (exact) mass is 338 g/mol. The van der Waals surface area contributed by atoms with Gasteiger partial charge in [0.05, 0.1) is 6.26 Å². The first-order chi connectivity index (χ1) is 12.2. The first kappa shape index (κ1) is 15.9. The van der Waals surface area contributed by atoms with E-state index in [9.17, 15) is 4.79 Å². The summed E-state index contributed by atoms with van der Waals surface area (Å²) in [5.41, 5.74) is 1.88. The molecule has 0 saturated heterocycles. The number of hydrogen-bond donors (Lipinski definition) is 1. The zero-order valence-electron chi connectivity index (χ0n) is 14.3. The lowest BCUT2D eigenvalue weighted by molar-refractivity contribution is 0.0939. The molecule has 3 heterocycles. The maximum absolute atomic E-state index is 12.5. The first-order valence-corrected chi connectivity index (χ1v) is 8.82. The summed E-state index contributed by atoms with van der Waals surface area (Å²) in [5, 5.41) is 3.04. The van der Waals surface area contributed by atoms with Crippen molar-refractivity contribution in [3.05, 3.63) is 54.1 Å². The molecule has 25 heavy (non-hydrogen) atoms. The second-order valence-corrected chi connectivity index (χ2v) is 6.84. The predicted molar refractivity (Wildman–Crippen MR) is 93.5 cm³/mol. The maximum atomic E-state index is 12.5. The molecule has 1 aliphatic carbocycles. The van der Waals surface area contributed by atoms with E-state index >= 15 is 0 Å². The molecule has 0 aromatic carbocycles. The van der Waals surface area contributed by atoms with Gasteiger partial charge >= 0.3 is 0 Å². The fourth-order valence-corrected chi connectivity index (χ4v) is 3.62. The molecular formula is C19H22N4O2. The summed E-state index contributed by atoms with van der Waals surface area (Å²) in [6.45, 7) is 2.60. The molecule has 0 unspecified atom stereocenters. The summed E-state index contributed by atoms with van der Waals surface area (Å²) >= 11 is 0. The van der Waals surface area contributed by atoms with E-state index in [0.717, 1.165) is 37.1 Å². The van der Waals surface area contributed by atoms with Gasteiger partial charge in [-0.05, 0) is 56.7 Å². The van der Waals surface area contributed by atoms with Gasteiger partial charge in [0.2, 0.25) is 0 Å². The van der Waals surface area contributed by atoms with Gasteiger partial charge in [0.1, 0.15) is 12.1 Å². The Balaban J connectivity index is 1.34. The fourth-order valence-electron chi connectivity index (χ4n) is 3.62. The van der Waals surface area contributed by atoms with Crippen LogP contribution in [0.25, 0.3) is 5.65 Å². The summed E-state index contributed by atoms with van der Waals surface area (Å²) < 4.78 is 7.29. The highest BCUT2D eigenvalue weighted by molar-refractivity contribution is 5.97.